The minimum Gasteiger partial charge on any atom is -0.460 e. The molecule has 2 unspecified atom stereocenters. The summed E-state index contributed by atoms with van der Waals surface area (Å²) in [5.74, 6) is -1.93. The van der Waals surface area contributed by atoms with Crippen LogP contribution >= 0.6 is 0 Å². The van der Waals surface area contributed by atoms with E-state index in [4.69, 9.17) is 9.47 Å². The number of carbonyl (C=O) groups excluding carboxylic acids is 4. The summed E-state index contributed by atoms with van der Waals surface area (Å²) < 4.78 is 10.7. The standard InChI is InChI=1S/C20H32N2O6/c1-19(2,3)27-17(25)13-9-15(23)21(11-13)7-8-22-12-14(10-16(22)24)18(26)28-20(4,5)6/h13-14H,7-12H2,1-6H3. The van der Waals surface area contributed by atoms with Gasteiger partial charge in [0.25, 0.3) is 0 Å². The topological polar surface area (TPSA) is 93.2 Å². The Balaban J connectivity index is 1.84. The molecule has 0 aromatic rings. The highest BCUT2D eigenvalue weighted by molar-refractivity contribution is 5.88. The summed E-state index contributed by atoms with van der Waals surface area (Å²) in [6.45, 7) is 12.0. The average Bonchev–Trinajstić information content (AvgIpc) is 3.05. The first-order chi connectivity index (χ1) is 12.7. The third-order valence-electron chi connectivity index (χ3n) is 4.55. The van der Waals surface area contributed by atoms with E-state index in [0.29, 0.717) is 26.2 Å². The molecule has 0 spiro atoms. The van der Waals surface area contributed by atoms with Gasteiger partial charge in [0.15, 0.2) is 0 Å². The third-order valence-corrected chi connectivity index (χ3v) is 4.55. The molecular weight excluding hydrogens is 364 g/mol. The minimum atomic E-state index is -0.591. The van der Waals surface area contributed by atoms with Crippen LogP contribution in [0.25, 0.3) is 0 Å². The molecule has 0 aromatic carbocycles. The number of carbonyl (C=O) groups is 4. The highest BCUT2D eigenvalue weighted by Gasteiger charge is 2.39. The zero-order valence-electron chi connectivity index (χ0n) is 17.7. The van der Waals surface area contributed by atoms with Gasteiger partial charge in [-0.05, 0) is 41.5 Å². The Morgan fingerprint density at radius 2 is 1.11 bits per heavy atom. The molecule has 2 fully saturated rings. The van der Waals surface area contributed by atoms with Gasteiger partial charge in [-0.2, -0.15) is 0 Å². The second-order valence-electron chi connectivity index (χ2n) is 9.55. The molecule has 0 aromatic heterocycles. The summed E-state index contributed by atoms with van der Waals surface area (Å²) in [6, 6.07) is 0. The molecule has 28 heavy (non-hydrogen) atoms. The maximum atomic E-state index is 12.2. The second kappa shape index (κ2) is 8.09. The molecule has 0 bridgehead atoms. The number of hydrogen-bond acceptors (Lipinski definition) is 6. The van der Waals surface area contributed by atoms with Gasteiger partial charge >= 0.3 is 11.9 Å². The Morgan fingerprint density at radius 1 is 0.786 bits per heavy atom. The van der Waals surface area contributed by atoms with Gasteiger partial charge in [0.05, 0.1) is 11.8 Å². The lowest BCUT2D eigenvalue weighted by molar-refractivity contribution is -0.160. The van der Waals surface area contributed by atoms with Gasteiger partial charge in [-0.3, -0.25) is 19.2 Å². The number of hydrogen-bond donors (Lipinski definition) is 0. The van der Waals surface area contributed by atoms with Gasteiger partial charge in [0.1, 0.15) is 11.2 Å². The van der Waals surface area contributed by atoms with Gasteiger partial charge in [0, 0.05) is 39.0 Å². The first-order valence-electron chi connectivity index (χ1n) is 9.76. The lowest BCUT2D eigenvalue weighted by atomic mass is 10.1. The number of amides is 2. The quantitative estimate of drug-likeness (QED) is 0.652. The zero-order valence-corrected chi connectivity index (χ0v) is 17.7. The van der Waals surface area contributed by atoms with Crippen molar-refractivity contribution in [2.45, 2.75) is 65.6 Å². The van der Waals surface area contributed by atoms with Crippen LogP contribution in [-0.4, -0.2) is 70.9 Å². The lowest BCUT2D eigenvalue weighted by Gasteiger charge is -2.24. The summed E-state index contributed by atoms with van der Waals surface area (Å²) in [6.07, 6.45) is 0.257. The highest BCUT2D eigenvalue weighted by Crippen LogP contribution is 2.24. The summed E-state index contributed by atoms with van der Waals surface area (Å²) >= 11 is 0. The van der Waals surface area contributed by atoms with Crippen LogP contribution in [0.1, 0.15) is 54.4 Å². The summed E-state index contributed by atoms with van der Waals surface area (Å²) in [5, 5.41) is 0. The lowest BCUT2D eigenvalue weighted by Crippen LogP contribution is -2.38. The predicted octanol–water partition coefficient (Wildman–Crippen LogP) is 1.37. The van der Waals surface area contributed by atoms with E-state index in [1.165, 1.54) is 0 Å². The first-order valence-corrected chi connectivity index (χ1v) is 9.76. The Labute approximate surface area is 166 Å². The van der Waals surface area contributed by atoms with E-state index in [1.807, 2.05) is 0 Å². The van der Waals surface area contributed by atoms with E-state index in [2.05, 4.69) is 0 Å². The average molecular weight is 396 g/mol. The van der Waals surface area contributed by atoms with E-state index in [1.54, 1.807) is 51.3 Å². The molecule has 2 aliphatic heterocycles. The molecule has 0 aliphatic carbocycles. The van der Waals surface area contributed by atoms with Crippen LogP contribution < -0.4 is 0 Å². The Morgan fingerprint density at radius 3 is 1.39 bits per heavy atom. The highest BCUT2D eigenvalue weighted by atomic mass is 16.6. The SMILES string of the molecule is CC(C)(C)OC(=O)C1CC(=O)N(CCN2CC(C(=O)OC(C)(C)C)CC2=O)C1. The monoisotopic (exact) mass is 396 g/mol. The molecule has 8 heteroatoms. The van der Waals surface area contributed by atoms with E-state index in [9.17, 15) is 19.2 Å². The van der Waals surface area contributed by atoms with Crippen molar-refractivity contribution in [1.82, 2.24) is 9.80 Å². The van der Waals surface area contributed by atoms with Crippen LogP contribution in [0.4, 0.5) is 0 Å². The maximum Gasteiger partial charge on any atom is 0.311 e. The first kappa shape index (κ1) is 22.2. The third kappa shape index (κ3) is 6.21. The van der Waals surface area contributed by atoms with E-state index in [0.717, 1.165) is 0 Å². The van der Waals surface area contributed by atoms with Gasteiger partial charge in [-0.1, -0.05) is 0 Å². The molecule has 0 N–H and O–H groups in total. The number of ether oxygens (including phenoxy) is 2. The number of esters is 2. The van der Waals surface area contributed by atoms with Crippen molar-refractivity contribution in [3.8, 4) is 0 Å². The predicted molar refractivity (Wildman–Crippen MR) is 101 cm³/mol. The van der Waals surface area contributed by atoms with Crippen molar-refractivity contribution < 1.29 is 28.7 Å². The number of likely N-dealkylation sites (tertiary alicyclic amines) is 2. The van der Waals surface area contributed by atoms with Crippen LogP contribution in [0.15, 0.2) is 0 Å². The molecule has 2 saturated heterocycles. The van der Waals surface area contributed by atoms with Gasteiger partial charge < -0.3 is 19.3 Å². The van der Waals surface area contributed by atoms with Gasteiger partial charge in [0.2, 0.25) is 11.8 Å². The van der Waals surface area contributed by atoms with Crippen LogP contribution in [-0.2, 0) is 28.7 Å². The van der Waals surface area contributed by atoms with Crippen molar-refractivity contribution in [2.75, 3.05) is 26.2 Å². The van der Waals surface area contributed by atoms with Crippen molar-refractivity contribution in [3.05, 3.63) is 0 Å². The van der Waals surface area contributed by atoms with Crippen molar-refractivity contribution in [1.29, 1.82) is 0 Å². The fourth-order valence-corrected chi connectivity index (χ4v) is 3.30. The zero-order chi connectivity index (χ0) is 21.3. The van der Waals surface area contributed by atoms with Gasteiger partial charge in [-0.25, -0.2) is 0 Å². The van der Waals surface area contributed by atoms with Crippen molar-refractivity contribution >= 4 is 23.8 Å². The van der Waals surface area contributed by atoms with Crippen LogP contribution in [0.5, 0.6) is 0 Å². The molecule has 0 saturated carbocycles. The van der Waals surface area contributed by atoms with Crippen molar-refractivity contribution in [3.63, 3.8) is 0 Å². The molecule has 0 radical (unpaired) electrons. The van der Waals surface area contributed by atoms with Crippen LogP contribution in [0, 0.1) is 11.8 Å². The molecule has 2 aliphatic rings. The Bertz CT molecular complexity index is 590. The second-order valence-corrected chi connectivity index (χ2v) is 9.55. The smallest absolute Gasteiger partial charge is 0.311 e. The molecular formula is C20H32N2O6. The molecule has 2 rings (SSSR count). The minimum absolute atomic E-state index is 0.119. The van der Waals surface area contributed by atoms with E-state index >= 15 is 0 Å². The van der Waals surface area contributed by atoms with Crippen LogP contribution in [0.2, 0.25) is 0 Å². The molecule has 158 valence electrons. The maximum absolute atomic E-state index is 12.2. The molecule has 2 atom stereocenters. The Kier molecular flexibility index (Phi) is 6.41. The largest absolute Gasteiger partial charge is 0.460 e. The molecule has 2 amide bonds. The Hall–Kier alpha value is -2.12. The van der Waals surface area contributed by atoms with Crippen LogP contribution in [0.3, 0.4) is 0 Å². The van der Waals surface area contributed by atoms with E-state index in [-0.39, 0.29) is 36.6 Å². The number of nitrogens with zero attached hydrogens (tertiary/aromatic N) is 2. The normalized spacial score (nSPS) is 23.4. The summed E-state index contributed by atoms with van der Waals surface area (Å²) in [5.41, 5.74) is -1.18. The molecule has 8 nitrogen and oxygen atoms in total. The fourth-order valence-electron chi connectivity index (χ4n) is 3.30. The van der Waals surface area contributed by atoms with Gasteiger partial charge in [-0.15, -0.1) is 0 Å². The number of rotatable bonds is 5. The fraction of sp³-hybridized carbons (Fsp3) is 0.800. The van der Waals surface area contributed by atoms with E-state index < -0.39 is 23.0 Å². The molecule has 2 heterocycles. The summed E-state index contributed by atoms with van der Waals surface area (Å²) in [7, 11) is 0. The summed E-state index contributed by atoms with van der Waals surface area (Å²) in [4.78, 5) is 52.0. The van der Waals surface area contributed by atoms with Crippen molar-refractivity contribution in [2.24, 2.45) is 11.8 Å².